The van der Waals surface area contributed by atoms with Gasteiger partial charge < -0.3 is 20.3 Å². The summed E-state index contributed by atoms with van der Waals surface area (Å²) in [5, 5.41) is 22.1. The molecule has 1 rings (SSSR count). The van der Waals surface area contributed by atoms with Crippen LogP contribution in [0, 0.1) is 0 Å². The van der Waals surface area contributed by atoms with E-state index < -0.39 is 18.2 Å². The third-order valence-electron chi connectivity index (χ3n) is 2.53. The molecular formula is C12H15ClN2O5. The second kappa shape index (κ2) is 7.18. The lowest BCUT2D eigenvalue weighted by Gasteiger charge is -2.19. The van der Waals surface area contributed by atoms with Crippen LogP contribution in [0.1, 0.15) is 28.9 Å². The number of halogens is 1. The molecule has 0 aromatic carbocycles. The molecule has 2 atom stereocenters. The average molecular weight is 303 g/mol. The van der Waals surface area contributed by atoms with Crippen molar-refractivity contribution in [2.75, 3.05) is 13.7 Å². The number of carbonyl (C=O) groups is 2. The van der Waals surface area contributed by atoms with Gasteiger partial charge in [0.05, 0.1) is 12.7 Å². The Morgan fingerprint density at radius 1 is 1.50 bits per heavy atom. The van der Waals surface area contributed by atoms with E-state index in [9.17, 15) is 19.8 Å². The standard InChI is InChI=1S/C12H15ClN2O5/c1-6(16)14-5-9(17)10(18)8-3-7(12(19)20-2)4-15-11(8)13/h3-4,9-10,17-18H,5H2,1-2H3,(H,14,16). The van der Waals surface area contributed by atoms with E-state index in [0.29, 0.717) is 0 Å². The summed E-state index contributed by atoms with van der Waals surface area (Å²) < 4.78 is 4.53. The van der Waals surface area contributed by atoms with Crippen molar-refractivity contribution in [1.82, 2.24) is 10.3 Å². The second-order valence-corrected chi connectivity index (χ2v) is 4.40. The maximum Gasteiger partial charge on any atom is 0.339 e. The molecular weight excluding hydrogens is 288 g/mol. The number of pyridine rings is 1. The van der Waals surface area contributed by atoms with Crippen LogP contribution in [0.2, 0.25) is 5.15 Å². The summed E-state index contributed by atoms with van der Waals surface area (Å²) in [6.45, 7) is 1.13. The number of amides is 1. The highest BCUT2D eigenvalue weighted by Gasteiger charge is 2.23. The van der Waals surface area contributed by atoms with E-state index >= 15 is 0 Å². The van der Waals surface area contributed by atoms with E-state index in [-0.39, 0.29) is 28.7 Å². The van der Waals surface area contributed by atoms with Crippen LogP contribution in [0.5, 0.6) is 0 Å². The largest absolute Gasteiger partial charge is 0.465 e. The normalized spacial score (nSPS) is 13.4. The first-order valence-electron chi connectivity index (χ1n) is 5.71. The van der Waals surface area contributed by atoms with Crippen LogP contribution in [0.15, 0.2) is 12.3 Å². The highest BCUT2D eigenvalue weighted by Crippen LogP contribution is 2.24. The molecule has 0 radical (unpaired) electrons. The number of carbonyl (C=O) groups excluding carboxylic acids is 2. The van der Waals surface area contributed by atoms with Crippen LogP contribution in [0.3, 0.4) is 0 Å². The van der Waals surface area contributed by atoms with Crippen molar-refractivity contribution in [3.8, 4) is 0 Å². The van der Waals surface area contributed by atoms with Crippen molar-refractivity contribution in [2.24, 2.45) is 0 Å². The minimum Gasteiger partial charge on any atom is -0.465 e. The summed E-state index contributed by atoms with van der Waals surface area (Å²) in [6, 6.07) is 1.28. The van der Waals surface area contributed by atoms with Crippen LogP contribution in [-0.4, -0.2) is 46.8 Å². The fourth-order valence-corrected chi connectivity index (χ4v) is 1.68. The smallest absolute Gasteiger partial charge is 0.339 e. The van der Waals surface area contributed by atoms with Gasteiger partial charge in [-0.25, -0.2) is 9.78 Å². The van der Waals surface area contributed by atoms with Gasteiger partial charge in [-0.15, -0.1) is 0 Å². The number of hydrogen-bond donors (Lipinski definition) is 3. The average Bonchev–Trinajstić information content (AvgIpc) is 2.43. The molecule has 1 amide bonds. The summed E-state index contributed by atoms with van der Waals surface area (Å²) >= 11 is 5.82. The Balaban J connectivity index is 2.93. The highest BCUT2D eigenvalue weighted by atomic mass is 35.5. The number of aliphatic hydroxyl groups excluding tert-OH is 2. The fourth-order valence-electron chi connectivity index (χ4n) is 1.47. The van der Waals surface area contributed by atoms with Crippen LogP contribution < -0.4 is 5.32 Å². The summed E-state index contributed by atoms with van der Waals surface area (Å²) in [5.74, 6) is -0.984. The quantitative estimate of drug-likeness (QED) is 0.524. The van der Waals surface area contributed by atoms with E-state index in [1.165, 1.54) is 26.3 Å². The second-order valence-electron chi connectivity index (χ2n) is 4.04. The van der Waals surface area contributed by atoms with Crippen molar-refractivity contribution in [2.45, 2.75) is 19.1 Å². The molecule has 2 unspecified atom stereocenters. The number of aliphatic hydroxyl groups is 2. The monoisotopic (exact) mass is 302 g/mol. The van der Waals surface area contributed by atoms with Crippen LogP contribution >= 0.6 is 11.6 Å². The molecule has 20 heavy (non-hydrogen) atoms. The predicted octanol–water partition coefficient (Wildman–Crippen LogP) is 0.0520. The molecule has 0 aliphatic heterocycles. The number of nitrogens with one attached hydrogen (secondary N) is 1. The van der Waals surface area contributed by atoms with Gasteiger partial charge in [-0.1, -0.05) is 11.6 Å². The molecule has 1 aromatic rings. The minimum absolute atomic E-state index is 0.0490. The lowest BCUT2D eigenvalue weighted by molar-refractivity contribution is -0.119. The lowest BCUT2D eigenvalue weighted by atomic mass is 10.0. The van der Waals surface area contributed by atoms with E-state index in [0.717, 1.165) is 0 Å². The minimum atomic E-state index is -1.40. The molecule has 0 saturated carbocycles. The molecule has 0 spiro atoms. The van der Waals surface area contributed by atoms with Crippen molar-refractivity contribution >= 4 is 23.5 Å². The third kappa shape index (κ3) is 4.16. The van der Waals surface area contributed by atoms with Crippen molar-refractivity contribution in [1.29, 1.82) is 0 Å². The summed E-state index contributed by atoms with van der Waals surface area (Å²) in [5.41, 5.74) is 0.171. The topological polar surface area (TPSA) is 109 Å². The van der Waals surface area contributed by atoms with Gasteiger partial charge in [0.2, 0.25) is 5.91 Å². The van der Waals surface area contributed by atoms with Crippen LogP contribution in [-0.2, 0) is 9.53 Å². The molecule has 1 heterocycles. The number of hydrogen-bond acceptors (Lipinski definition) is 6. The Bertz CT molecular complexity index is 509. The SMILES string of the molecule is COC(=O)c1cnc(Cl)c(C(O)C(O)CNC(C)=O)c1. The van der Waals surface area contributed by atoms with Gasteiger partial charge in [-0.3, -0.25) is 4.79 Å². The van der Waals surface area contributed by atoms with E-state index in [1.807, 2.05) is 0 Å². The third-order valence-corrected chi connectivity index (χ3v) is 2.85. The summed E-state index contributed by atoms with van der Waals surface area (Å²) in [4.78, 5) is 25.9. The van der Waals surface area contributed by atoms with Gasteiger partial charge >= 0.3 is 5.97 Å². The van der Waals surface area contributed by atoms with Crippen LogP contribution in [0.4, 0.5) is 0 Å². The zero-order chi connectivity index (χ0) is 15.3. The van der Waals surface area contributed by atoms with Gasteiger partial charge in [-0.2, -0.15) is 0 Å². The molecule has 0 saturated heterocycles. The Morgan fingerprint density at radius 2 is 2.15 bits per heavy atom. The molecule has 7 nitrogen and oxygen atoms in total. The molecule has 0 aliphatic rings. The molecule has 1 aromatic heterocycles. The number of aromatic nitrogens is 1. The molecule has 3 N–H and O–H groups in total. The van der Waals surface area contributed by atoms with Gasteiger partial charge in [0.15, 0.2) is 0 Å². The fraction of sp³-hybridized carbons (Fsp3) is 0.417. The van der Waals surface area contributed by atoms with Gasteiger partial charge in [0.1, 0.15) is 17.4 Å². The van der Waals surface area contributed by atoms with Crippen LogP contribution in [0.25, 0.3) is 0 Å². The maximum atomic E-state index is 11.4. The number of esters is 1. The van der Waals surface area contributed by atoms with Crippen molar-refractivity contribution in [3.05, 3.63) is 28.5 Å². The van der Waals surface area contributed by atoms with Crippen molar-refractivity contribution < 1.29 is 24.5 Å². The Kier molecular flexibility index (Phi) is 5.87. The Hall–Kier alpha value is -1.70. The predicted molar refractivity (Wildman–Crippen MR) is 70.2 cm³/mol. The molecule has 8 heteroatoms. The highest BCUT2D eigenvalue weighted by molar-refractivity contribution is 6.30. The first kappa shape index (κ1) is 16.4. The zero-order valence-corrected chi connectivity index (χ0v) is 11.7. The van der Waals surface area contributed by atoms with Crippen molar-refractivity contribution in [3.63, 3.8) is 0 Å². The number of methoxy groups -OCH3 is 1. The first-order valence-corrected chi connectivity index (χ1v) is 6.09. The lowest BCUT2D eigenvalue weighted by Crippen LogP contribution is -2.34. The number of nitrogens with zero attached hydrogens (tertiary/aromatic N) is 1. The van der Waals surface area contributed by atoms with E-state index in [1.54, 1.807) is 0 Å². The van der Waals surface area contributed by atoms with E-state index in [2.05, 4.69) is 15.0 Å². The van der Waals surface area contributed by atoms with E-state index in [4.69, 9.17) is 11.6 Å². The molecule has 0 bridgehead atoms. The molecule has 110 valence electrons. The number of ether oxygens (including phenoxy) is 1. The maximum absolute atomic E-state index is 11.4. The zero-order valence-electron chi connectivity index (χ0n) is 11.0. The molecule has 0 aliphatic carbocycles. The Labute approximate surface area is 120 Å². The van der Waals surface area contributed by atoms with Gasteiger partial charge in [0.25, 0.3) is 0 Å². The molecule has 0 fully saturated rings. The Morgan fingerprint density at radius 3 is 2.70 bits per heavy atom. The summed E-state index contributed by atoms with van der Waals surface area (Å²) in [7, 11) is 1.21. The first-order chi connectivity index (χ1) is 9.36. The number of rotatable bonds is 5. The summed E-state index contributed by atoms with van der Waals surface area (Å²) in [6.07, 6.45) is -1.48. The van der Waals surface area contributed by atoms with Gasteiger partial charge in [0, 0.05) is 25.2 Å². The van der Waals surface area contributed by atoms with Gasteiger partial charge in [-0.05, 0) is 6.07 Å².